The van der Waals surface area contributed by atoms with Crippen molar-refractivity contribution in [3.05, 3.63) is 47.0 Å². The summed E-state index contributed by atoms with van der Waals surface area (Å²) in [6.45, 7) is 3.85. The first-order chi connectivity index (χ1) is 9.64. The molecular formula is C16H16N2O2. The summed E-state index contributed by atoms with van der Waals surface area (Å²) in [5.41, 5.74) is 3.63. The molecule has 102 valence electrons. The number of aliphatic imine (C=N–C) groups is 1. The van der Waals surface area contributed by atoms with Crippen LogP contribution in [0.3, 0.4) is 0 Å². The lowest BCUT2D eigenvalue weighted by Gasteiger charge is -2.39. The Balaban J connectivity index is 2.05. The summed E-state index contributed by atoms with van der Waals surface area (Å²) >= 11 is 0. The number of fused-ring (bicyclic) bond motifs is 3. The van der Waals surface area contributed by atoms with E-state index in [1.165, 1.54) is 5.56 Å². The van der Waals surface area contributed by atoms with Gasteiger partial charge in [0.15, 0.2) is 12.2 Å². The van der Waals surface area contributed by atoms with Gasteiger partial charge in [0.25, 0.3) is 0 Å². The van der Waals surface area contributed by atoms with Crippen LogP contribution in [0.15, 0.2) is 40.9 Å². The van der Waals surface area contributed by atoms with Gasteiger partial charge in [0.2, 0.25) is 0 Å². The van der Waals surface area contributed by atoms with Gasteiger partial charge in [-0.1, -0.05) is 24.3 Å². The largest absolute Gasteiger partial charge is 0.451 e. The molecule has 3 rings (SSSR count). The summed E-state index contributed by atoms with van der Waals surface area (Å²) in [5, 5.41) is 8.62. The second kappa shape index (κ2) is 4.68. The Bertz CT molecular complexity index is 655. The Morgan fingerprint density at radius 1 is 1.45 bits per heavy atom. The van der Waals surface area contributed by atoms with Gasteiger partial charge in [-0.15, -0.1) is 0 Å². The zero-order chi connectivity index (χ0) is 14.2. The molecule has 0 fully saturated rings. The Morgan fingerprint density at radius 2 is 2.25 bits per heavy atom. The number of hydrogen-bond donors (Lipinski definition) is 0. The quantitative estimate of drug-likeness (QED) is 0.828. The summed E-state index contributed by atoms with van der Waals surface area (Å²) in [5.74, 6) is 0.372. The second-order valence-electron chi connectivity index (χ2n) is 5.27. The van der Waals surface area contributed by atoms with Crippen LogP contribution in [0.2, 0.25) is 0 Å². The molecule has 1 aromatic carbocycles. The van der Waals surface area contributed by atoms with Crippen molar-refractivity contribution in [1.82, 2.24) is 0 Å². The summed E-state index contributed by atoms with van der Waals surface area (Å²) < 4.78 is 11.4. The summed E-state index contributed by atoms with van der Waals surface area (Å²) in [7, 11) is 0. The molecule has 0 saturated carbocycles. The molecule has 0 amide bonds. The smallest absolute Gasteiger partial charge is 0.303 e. The maximum absolute atomic E-state index is 8.62. The van der Waals surface area contributed by atoms with Crippen LogP contribution >= 0.6 is 0 Å². The Kier molecular flexibility index (Phi) is 2.98. The van der Waals surface area contributed by atoms with Gasteiger partial charge < -0.3 is 9.47 Å². The topological polar surface area (TPSA) is 54.6 Å². The molecule has 0 aromatic heterocycles. The average Bonchev–Trinajstić information content (AvgIpc) is 2.46. The van der Waals surface area contributed by atoms with Gasteiger partial charge in [-0.05, 0) is 32.3 Å². The fraction of sp³-hybridized carbons (Fsp3) is 0.375. The van der Waals surface area contributed by atoms with E-state index >= 15 is 0 Å². The number of benzene rings is 1. The molecule has 1 aromatic rings. The molecule has 0 spiro atoms. The SMILES string of the molecule is CC1=C(OCC#N)O[C@]2(C)CCc3ccccc3C2=N1. The number of aryl methyl sites for hydroxylation is 1. The predicted molar refractivity (Wildman–Crippen MR) is 75.1 cm³/mol. The minimum atomic E-state index is -0.474. The number of nitrogens with zero attached hydrogens (tertiary/aromatic N) is 2. The normalized spacial score (nSPS) is 23.9. The first-order valence-corrected chi connectivity index (χ1v) is 6.71. The maximum Gasteiger partial charge on any atom is 0.303 e. The number of hydrogen-bond acceptors (Lipinski definition) is 4. The molecule has 1 aliphatic carbocycles. The minimum absolute atomic E-state index is 0.0236. The fourth-order valence-electron chi connectivity index (χ4n) is 2.75. The van der Waals surface area contributed by atoms with Crippen molar-refractivity contribution in [2.24, 2.45) is 4.99 Å². The van der Waals surface area contributed by atoms with E-state index in [1.54, 1.807) is 0 Å². The van der Waals surface area contributed by atoms with Crippen LogP contribution in [0.5, 0.6) is 0 Å². The van der Waals surface area contributed by atoms with E-state index in [4.69, 9.17) is 14.7 Å². The molecule has 1 aliphatic heterocycles. The van der Waals surface area contributed by atoms with E-state index in [2.05, 4.69) is 23.2 Å². The zero-order valence-electron chi connectivity index (χ0n) is 11.6. The van der Waals surface area contributed by atoms with E-state index in [1.807, 2.05) is 26.0 Å². The van der Waals surface area contributed by atoms with E-state index in [0.29, 0.717) is 11.6 Å². The number of allylic oxidation sites excluding steroid dienone is 1. The van der Waals surface area contributed by atoms with Crippen LogP contribution in [-0.4, -0.2) is 17.9 Å². The maximum atomic E-state index is 8.62. The van der Waals surface area contributed by atoms with Gasteiger partial charge in [-0.25, -0.2) is 4.99 Å². The van der Waals surface area contributed by atoms with Crippen molar-refractivity contribution < 1.29 is 9.47 Å². The molecule has 20 heavy (non-hydrogen) atoms. The Labute approximate surface area is 118 Å². The third kappa shape index (κ3) is 1.96. The lowest BCUT2D eigenvalue weighted by atomic mass is 9.79. The van der Waals surface area contributed by atoms with Crippen molar-refractivity contribution in [1.29, 1.82) is 5.26 Å². The molecular weight excluding hydrogens is 252 g/mol. The van der Waals surface area contributed by atoms with Gasteiger partial charge in [0, 0.05) is 5.56 Å². The first kappa shape index (κ1) is 12.7. The summed E-state index contributed by atoms with van der Waals surface area (Å²) in [4.78, 5) is 4.69. The highest BCUT2D eigenvalue weighted by molar-refractivity contribution is 6.09. The highest BCUT2D eigenvalue weighted by atomic mass is 16.7. The molecule has 1 atom stereocenters. The second-order valence-corrected chi connectivity index (χ2v) is 5.27. The van der Waals surface area contributed by atoms with E-state index in [0.717, 1.165) is 24.1 Å². The molecule has 0 bridgehead atoms. The first-order valence-electron chi connectivity index (χ1n) is 6.71. The molecule has 4 nitrogen and oxygen atoms in total. The third-order valence-corrected chi connectivity index (χ3v) is 3.81. The minimum Gasteiger partial charge on any atom is -0.451 e. The van der Waals surface area contributed by atoms with Gasteiger partial charge in [0.1, 0.15) is 11.8 Å². The molecule has 1 heterocycles. The summed E-state index contributed by atoms with van der Waals surface area (Å²) in [6, 6.07) is 10.2. The van der Waals surface area contributed by atoms with Crippen LogP contribution < -0.4 is 0 Å². The van der Waals surface area contributed by atoms with Crippen molar-refractivity contribution >= 4 is 5.71 Å². The average molecular weight is 268 g/mol. The number of ether oxygens (including phenoxy) is 2. The standard InChI is InChI=1S/C16H16N2O2/c1-11-15(19-10-9-17)20-16(2)8-7-12-5-3-4-6-13(12)14(16)18-11/h3-6H,7-8,10H2,1-2H3/t16-/m1/s1. The third-order valence-electron chi connectivity index (χ3n) is 3.81. The van der Waals surface area contributed by atoms with Gasteiger partial charge in [-0.3, -0.25) is 0 Å². The molecule has 0 N–H and O–H groups in total. The zero-order valence-corrected chi connectivity index (χ0v) is 11.6. The van der Waals surface area contributed by atoms with Crippen molar-refractivity contribution in [3.8, 4) is 6.07 Å². The fourth-order valence-corrected chi connectivity index (χ4v) is 2.75. The van der Waals surface area contributed by atoms with Crippen LogP contribution in [0.1, 0.15) is 31.4 Å². The molecule has 4 heteroatoms. The monoisotopic (exact) mass is 268 g/mol. The Morgan fingerprint density at radius 3 is 3.05 bits per heavy atom. The highest BCUT2D eigenvalue weighted by Crippen LogP contribution is 2.37. The van der Waals surface area contributed by atoms with Crippen LogP contribution in [0.25, 0.3) is 0 Å². The molecule has 0 radical (unpaired) electrons. The highest BCUT2D eigenvalue weighted by Gasteiger charge is 2.42. The van der Waals surface area contributed by atoms with E-state index in [9.17, 15) is 0 Å². The van der Waals surface area contributed by atoms with Gasteiger partial charge in [-0.2, -0.15) is 5.26 Å². The van der Waals surface area contributed by atoms with Crippen molar-refractivity contribution in [3.63, 3.8) is 0 Å². The predicted octanol–water partition coefficient (Wildman–Crippen LogP) is 2.94. The van der Waals surface area contributed by atoms with E-state index in [-0.39, 0.29) is 6.61 Å². The Hall–Kier alpha value is -2.28. The lowest BCUT2D eigenvalue weighted by molar-refractivity contribution is -0.0324. The number of rotatable bonds is 2. The van der Waals surface area contributed by atoms with Gasteiger partial charge in [0.05, 0.1) is 5.71 Å². The number of nitriles is 1. The van der Waals surface area contributed by atoms with Crippen molar-refractivity contribution in [2.75, 3.05) is 6.61 Å². The summed E-state index contributed by atoms with van der Waals surface area (Å²) in [6.07, 6.45) is 1.81. The van der Waals surface area contributed by atoms with Crippen molar-refractivity contribution in [2.45, 2.75) is 32.3 Å². The molecule has 0 unspecified atom stereocenters. The molecule has 0 saturated heterocycles. The van der Waals surface area contributed by atoms with Crippen LogP contribution in [0, 0.1) is 11.3 Å². The van der Waals surface area contributed by atoms with Gasteiger partial charge >= 0.3 is 5.95 Å². The molecule has 2 aliphatic rings. The van der Waals surface area contributed by atoms with Crippen LogP contribution in [-0.2, 0) is 15.9 Å². The van der Waals surface area contributed by atoms with E-state index < -0.39 is 5.60 Å². The lowest BCUT2D eigenvalue weighted by Crippen LogP contribution is -2.45. The van der Waals surface area contributed by atoms with Crippen LogP contribution in [0.4, 0.5) is 0 Å².